The van der Waals surface area contributed by atoms with Crippen molar-refractivity contribution in [2.24, 2.45) is 11.8 Å². The molecule has 2 heterocycles. The molecule has 202 valence electrons. The molecule has 1 saturated carbocycles. The number of carbonyl (C=O) groups is 2. The fraction of sp³-hybridized carbons (Fsp3) is 0.576. The first kappa shape index (κ1) is 25.6. The zero-order chi connectivity index (χ0) is 26.1. The summed E-state index contributed by atoms with van der Waals surface area (Å²) >= 11 is 0. The first-order valence-electron chi connectivity index (χ1n) is 14.9. The highest BCUT2D eigenvalue weighted by molar-refractivity contribution is 5.92. The minimum Gasteiger partial charge on any atom is -0.465 e. The van der Waals surface area contributed by atoms with E-state index in [1.165, 1.54) is 50.3 Å². The smallest absolute Gasteiger partial charge is 0.338 e. The molecule has 5 heteroatoms. The zero-order valence-corrected chi connectivity index (χ0v) is 22.8. The van der Waals surface area contributed by atoms with Gasteiger partial charge in [0.1, 0.15) is 0 Å². The van der Waals surface area contributed by atoms with Crippen LogP contribution in [0.25, 0.3) is 0 Å². The van der Waals surface area contributed by atoms with Crippen molar-refractivity contribution in [1.29, 1.82) is 0 Å². The molecule has 0 radical (unpaired) electrons. The van der Waals surface area contributed by atoms with Crippen molar-refractivity contribution in [2.75, 3.05) is 26.7 Å². The molecule has 2 saturated heterocycles. The highest BCUT2D eigenvalue weighted by Crippen LogP contribution is 2.48. The average Bonchev–Trinajstić information content (AvgIpc) is 3.40. The van der Waals surface area contributed by atoms with E-state index in [1.54, 1.807) is 0 Å². The zero-order valence-electron chi connectivity index (χ0n) is 22.8. The van der Waals surface area contributed by atoms with Gasteiger partial charge in [-0.2, -0.15) is 0 Å². The van der Waals surface area contributed by atoms with E-state index >= 15 is 0 Å². The van der Waals surface area contributed by atoms with E-state index < -0.39 is 0 Å². The van der Waals surface area contributed by atoms with E-state index in [4.69, 9.17) is 4.74 Å². The van der Waals surface area contributed by atoms with Crippen LogP contribution in [-0.4, -0.2) is 49.6 Å². The number of esters is 1. The predicted octanol–water partition coefficient (Wildman–Crippen LogP) is 5.62. The molecule has 0 unspecified atom stereocenters. The lowest BCUT2D eigenvalue weighted by Gasteiger charge is -2.48. The molecular formula is C33H42N2O3. The van der Waals surface area contributed by atoms with Crippen LogP contribution in [0.1, 0.15) is 90.8 Å². The van der Waals surface area contributed by atoms with Gasteiger partial charge in [-0.05, 0) is 79.5 Å². The van der Waals surface area contributed by atoms with Crippen LogP contribution in [0.5, 0.6) is 0 Å². The van der Waals surface area contributed by atoms with Gasteiger partial charge in [0, 0.05) is 31.1 Å². The maximum absolute atomic E-state index is 14.6. The molecule has 2 aromatic rings. The van der Waals surface area contributed by atoms with Gasteiger partial charge in [-0.15, -0.1) is 0 Å². The van der Waals surface area contributed by atoms with Gasteiger partial charge >= 0.3 is 5.97 Å². The summed E-state index contributed by atoms with van der Waals surface area (Å²) in [5, 5.41) is 3.62. The third kappa shape index (κ3) is 4.47. The Morgan fingerprint density at radius 1 is 0.974 bits per heavy atom. The van der Waals surface area contributed by atoms with Gasteiger partial charge in [-0.3, -0.25) is 4.79 Å². The largest absolute Gasteiger partial charge is 0.465 e. The van der Waals surface area contributed by atoms with Crippen molar-refractivity contribution in [2.45, 2.75) is 81.6 Å². The Hall–Kier alpha value is -2.66. The van der Waals surface area contributed by atoms with Crippen molar-refractivity contribution in [3.05, 3.63) is 70.8 Å². The number of methoxy groups -OCH3 is 1. The minimum atomic E-state index is -0.270. The van der Waals surface area contributed by atoms with Crippen LogP contribution in [0.15, 0.2) is 48.5 Å². The number of nitrogens with zero attached hydrogens (tertiary/aromatic N) is 1. The number of amides is 1. The Kier molecular flexibility index (Phi) is 7.31. The fourth-order valence-electron chi connectivity index (χ4n) is 8.43. The van der Waals surface area contributed by atoms with Gasteiger partial charge in [0.25, 0.3) is 0 Å². The van der Waals surface area contributed by atoms with Crippen LogP contribution < -0.4 is 5.32 Å². The lowest BCUT2D eigenvalue weighted by Crippen LogP contribution is -2.55. The SMILES string of the molecule is COC(=O)c1cccc2c1CCC[C@]21CNC[C@H]1C(=O)N1CC[C@@H](c2ccccc2)C[C@H]1C1CCCCC1. The van der Waals surface area contributed by atoms with E-state index in [0.29, 0.717) is 29.3 Å². The van der Waals surface area contributed by atoms with E-state index in [9.17, 15) is 9.59 Å². The number of rotatable bonds is 4. The molecule has 2 aliphatic heterocycles. The summed E-state index contributed by atoms with van der Waals surface area (Å²) in [5.41, 5.74) is 4.14. The monoisotopic (exact) mass is 514 g/mol. The van der Waals surface area contributed by atoms with Gasteiger partial charge < -0.3 is 15.0 Å². The summed E-state index contributed by atoms with van der Waals surface area (Å²) in [6, 6.07) is 17.3. The van der Waals surface area contributed by atoms with Crippen molar-refractivity contribution in [3.63, 3.8) is 0 Å². The first-order chi connectivity index (χ1) is 18.6. The number of likely N-dealkylation sites (tertiary alicyclic amines) is 1. The third-order valence-electron chi connectivity index (χ3n) is 10.3. The van der Waals surface area contributed by atoms with Crippen LogP contribution in [0.3, 0.4) is 0 Å². The van der Waals surface area contributed by atoms with Crippen molar-refractivity contribution in [1.82, 2.24) is 10.2 Å². The Labute approximate surface area is 227 Å². The predicted molar refractivity (Wildman–Crippen MR) is 149 cm³/mol. The Bertz CT molecular complexity index is 1160. The molecule has 0 bridgehead atoms. The van der Waals surface area contributed by atoms with Crippen LogP contribution in [-0.2, 0) is 21.4 Å². The molecule has 5 nitrogen and oxygen atoms in total. The van der Waals surface area contributed by atoms with E-state index in [1.807, 2.05) is 12.1 Å². The molecule has 4 atom stereocenters. The van der Waals surface area contributed by atoms with Gasteiger partial charge in [0.2, 0.25) is 5.91 Å². The summed E-state index contributed by atoms with van der Waals surface area (Å²) in [5.74, 6) is 1.12. The number of nitrogens with one attached hydrogen (secondary N) is 1. The number of fused-ring (bicyclic) bond motifs is 2. The fourth-order valence-corrected chi connectivity index (χ4v) is 8.43. The Morgan fingerprint density at radius 2 is 1.79 bits per heavy atom. The maximum Gasteiger partial charge on any atom is 0.338 e. The number of hydrogen-bond donors (Lipinski definition) is 1. The number of hydrogen-bond acceptors (Lipinski definition) is 4. The summed E-state index contributed by atoms with van der Waals surface area (Å²) in [6.45, 7) is 2.37. The third-order valence-corrected chi connectivity index (χ3v) is 10.3. The average molecular weight is 515 g/mol. The highest BCUT2D eigenvalue weighted by atomic mass is 16.5. The molecule has 2 aliphatic carbocycles. The van der Waals surface area contributed by atoms with Gasteiger partial charge in [0.15, 0.2) is 0 Å². The molecule has 0 aromatic heterocycles. The molecular weight excluding hydrogens is 472 g/mol. The van der Waals surface area contributed by atoms with Crippen LogP contribution in [0.4, 0.5) is 0 Å². The summed E-state index contributed by atoms with van der Waals surface area (Å²) < 4.78 is 5.12. The Balaban J connectivity index is 1.32. The normalized spacial score (nSPS) is 29.7. The van der Waals surface area contributed by atoms with Gasteiger partial charge in [0.05, 0.1) is 18.6 Å². The molecule has 1 N–H and O–H groups in total. The van der Waals surface area contributed by atoms with E-state index in [0.717, 1.165) is 57.3 Å². The summed E-state index contributed by atoms with van der Waals surface area (Å²) in [4.78, 5) is 29.6. The lowest BCUT2D eigenvalue weighted by molar-refractivity contribution is -0.143. The standard InChI is InChI=1S/C33H42N2O3/c1-38-32(37)27-14-8-16-28-26(27)15-9-18-33(28)22-34-21-29(33)31(36)35-19-17-25(23-10-4-2-5-11-23)20-30(35)24-12-6-3-7-13-24/h2,4-5,8,10-11,14,16,24-25,29-30,34H,3,6-7,9,12-13,15,17-22H2,1H3/t25-,29+,30+,33+/m1/s1. The summed E-state index contributed by atoms with van der Waals surface area (Å²) in [7, 11) is 1.45. The topological polar surface area (TPSA) is 58.6 Å². The van der Waals surface area contributed by atoms with Crippen LogP contribution >= 0.6 is 0 Å². The first-order valence-corrected chi connectivity index (χ1v) is 14.9. The second-order valence-electron chi connectivity index (χ2n) is 12.1. The van der Waals surface area contributed by atoms with Crippen LogP contribution in [0, 0.1) is 11.8 Å². The lowest BCUT2D eigenvalue weighted by atomic mass is 9.63. The molecule has 3 fully saturated rings. The Morgan fingerprint density at radius 3 is 2.58 bits per heavy atom. The molecule has 1 spiro atoms. The molecule has 6 rings (SSSR count). The van der Waals surface area contributed by atoms with E-state index in [-0.39, 0.29) is 17.3 Å². The van der Waals surface area contributed by atoms with Crippen LogP contribution in [0.2, 0.25) is 0 Å². The summed E-state index contributed by atoms with van der Waals surface area (Å²) in [6.07, 6.45) is 11.4. The second kappa shape index (κ2) is 10.8. The minimum absolute atomic E-state index is 0.0891. The molecule has 4 aliphatic rings. The maximum atomic E-state index is 14.6. The van der Waals surface area contributed by atoms with Crippen molar-refractivity contribution >= 4 is 11.9 Å². The molecule has 1 amide bonds. The van der Waals surface area contributed by atoms with E-state index in [2.05, 4.69) is 46.6 Å². The number of benzene rings is 2. The second-order valence-corrected chi connectivity index (χ2v) is 12.1. The molecule has 38 heavy (non-hydrogen) atoms. The van der Waals surface area contributed by atoms with Crippen molar-refractivity contribution < 1.29 is 14.3 Å². The van der Waals surface area contributed by atoms with Gasteiger partial charge in [-0.1, -0.05) is 61.7 Å². The number of ether oxygens (including phenoxy) is 1. The number of carbonyl (C=O) groups excluding carboxylic acids is 2. The van der Waals surface area contributed by atoms with Crippen molar-refractivity contribution in [3.8, 4) is 0 Å². The van der Waals surface area contributed by atoms with Gasteiger partial charge in [-0.25, -0.2) is 4.79 Å². The quantitative estimate of drug-likeness (QED) is 0.538. The number of piperidine rings is 1. The highest BCUT2D eigenvalue weighted by Gasteiger charge is 2.52. The molecule has 2 aromatic carbocycles.